The molecule has 0 radical (unpaired) electrons. The zero-order valence-electron chi connectivity index (χ0n) is 22.0. The van der Waals surface area contributed by atoms with Crippen LogP contribution in [0.25, 0.3) is 16.8 Å². The largest absolute Gasteiger partial charge is 0.474 e. The number of hydrogen-bond donors (Lipinski definition) is 0. The average molecular weight is 610 g/mol. The van der Waals surface area contributed by atoms with Crippen molar-refractivity contribution < 1.29 is 9.53 Å². The Morgan fingerprint density at radius 3 is 2.19 bits per heavy atom. The summed E-state index contributed by atoms with van der Waals surface area (Å²) in [4.78, 5) is 14.0. The topological polar surface area (TPSA) is 26.3 Å². The van der Waals surface area contributed by atoms with Gasteiger partial charge in [-0.3, -0.25) is 4.79 Å². The number of ketones is 1. The third-order valence-electron chi connectivity index (χ3n) is 7.77. The van der Waals surface area contributed by atoms with Gasteiger partial charge in [-0.25, -0.2) is 0 Å². The van der Waals surface area contributed by atoms with E-state index < -0.39 is 5.60 Å². The number of rotatable bonds is 2. The molecule has 0 fully saturated rings. The Balaban J connectivity index is 1.69. The van der Waals surface area contributed by atoms with Gasteiger partial charge in [0.05, 0.1) is 0 Å². The fraction of sp³-hybridized carbons (Fsp3) is 0.406. The van der Waals surface area contributed by atoms with Crippen LogP contribution in [0.15, 0.2) is 48.0 Å². The van der Waals surface area contributed by atoms with Gasteiger partial charge >= 0.3 is 0 Å². The van der Waals surface area contributed by atoms with E-state index in [1.165, 1.54) is 27.5 Å². The molecule has 0 saturated heterocycles. The van der Waals surface area contributed by atoms with Gasteiger partial charge in [0.2, 0.25) is 5.78 Å². The van der Waals surface area contributed by atoms with Gasteiger partial charge in [-0.15, -0.1) is 0 Å². The zero-order valence-corrected chi connectivity index (χ0v) is 25.2. The molecular formula is C32H34Br2O2. The predicted molar refractivity (Wildman–Crippen MR) is 158 cm³/mol. The number of halogens is 2. The van der Waals surface area contributed by atoms with Crippen LogP contribution in [0.4, 0.5) is 0 Å². The number of Topliss-reactive ketones (excluding diaryl/α,β-unsaturated/α-hetero) is 1. The highest BCUT2D eigenvalue weighted by Crippen LogP contribution is 2.50. The standard InChI is InChI=1S/C32H34Br2O2/c1-30(2,3)23-7-9-25-19(15-23)13-21(17-33)28-26(25)11-12-32(36-28)27-10-8-24(31(4,5)6)16-20(27)14-22(18-34)29(32)35/h7-10,13-16H,11-12,17-18H2,1-6H3. The summed E-state index contributed by atoms with van der Waals surface area (Å²) in [6.07, 6.45) is 3.47. The predicted octanol–water partition coefficient (Wildman–Crippen LogP) is 8.91. The number of carbonyl (C=O) groups is 1. The van der Waals surface area contributed by atoms with Crippen LogP contribution in [0.1, 0.15) is 81.3 Å². The van der Waals surface area contributed by atoms with Crippen molar-refractivity contribution in [3.05, 3.63) is 81.4 Å². The van der Waals surface area contributed by atoms with Crippen molar-refractivity contribution in [3.8, 4) is 5.75 Å². The van der Waals surface area contributed by atoms with Crippen molar-refractivity contribution in [2.75, 3.05) is 5.33 Å². The normalized spacial score (nSPS) is 19.7. The molecule has 5 rings (SSSR count). The maximum Gasteiger partial charge on any atom is 0.207 e. The summed E-state index contributed by atoms with van der Waals surface area (Å²) in [5.74, 6) is 0.939. The van der Waals surface area contributed by atoms with Crippen molar-refractivity contribution in [3.63, 3.8) is 0 Å². The van der Waals surface area contributed by atoms with Crippen molar-refractivity contribution in [2.24, 2.45) is 0 Å². The lowest BCUT2D eigenvalue weighted by Crippen LogP contribution is -2.47. The molecule has 1 aliphatic heterocycles. The number of hydrogen-bond acceptors (Lipinski definition) is 2. The SMILES string of the molecule is CC(C)(C)c1ccc2c(c1)C=C(CBr)C(=O)C21CCc2c(c(CBr)cc3cc(C(C)(C)C)ccc23)O1. The zero-order chi connectivity index (χ0) is 26.0. The lowest BCUT2D eigenvalue weighted by atomic mass is 9.72. The third-order valence-corrected chi connectivity index (χ3v) is 8.98. The maximum atomic E-state index is 14.0. The summed E-state index contributed by atoms with van der Waals surface area (Å²) in [5.41, 5.74) is 6.86. The lowest BCUT2D eigenvalue weighted by molar-refractivity contribution is -0.133. The van der Waals surface area contributed by atoms with Crippen LogP contribution >= 0.6 is 31.9 Å². The second-order valence-electron chi connectivity index (χ2n) is 12.3. The van der Waals surface area contributed by atoms with Gasteiger partial charge in [0.25, 0.3) is 0 Å². The Kier molecular flexibility index (Phi) is 6.32. The number of ether oxygens (including phenoxy) is 1. The molecule has 188 valence electrons. The molecule has 3 aromatic rings. The first-order valence-corrected chi connectivity index (χ1v) is 14.9. The molecule has 1 spiro atoms. The summed E-state index contributed by atoms with van der Waals surface area (Å²) >= 11 is 7.29. The average Bonchev–Trinajstić information content (AvgIpc) is 2.83. The summed E-state index contributed by atoms with van der Waals surface area (Å²) in [7, 11) is 0. The Morgan fingerprint density at radius 1 is 0.889 bits per heavy atom. The number of benzene rings is 3. The number of alkyl halides is 2. The maximum absolute atomic E-state index is 14.0. The van der Waals surface area contributed by atoms with Crippen LogP contribution in [0, 0.1) is 0 Å². The molecule has 0 bridgehead atoms. The fourth-order valence-electron chi connectivity index (χ4n) is 5.59. The van der Waals surface area contributed by atoms with E-state index in [-0.39, 0.29) is 16.6 Å². The van der Waals surface area contributed by atoms with Gasteiger partial charge in [-0.2, -0.15) is 0 Å². The molecule has 2 aliphatic rings. The highest BCUT2D eigenvalue weighted by atomic mass is 79.9. The molecule has 0 N–H and O–H groups in total. The van der Waals surface area contributed by atoms with Crippen LogP contribution in [0.2, 0.25) is 0 Å². The highest BCUT2D eigenvalue weighted by Gasteiger charge is 2.50. The fourth-order valence-corrected chi connectivity index (χ4v) is 6.43. The molecule has 36 heavy (non-hydrogen) atoms. The van der Waals surface area contributed by atoms with Gasteiger partial charge in [-0.1, -0.05) is 110 Å². The van der Waals surface area contributed by atoms with Crippen LogP contribution in [0.3, 0.4) is 0 Å². The van der Waals surface area contributed by atoms with Crippen molar-refractivity contribution in [1.82, 2.24) is 0 Å². The molecule has 1 heterocycles. The van der Waals surface area contributed by atoms with E-state index in [0.29, 0.717) is 17.1 Å². The molecule has 0 saturated carbocycles. The lowest BCUT2D eigenvalue weighted by Gasteiger charge is -2.42. The molecular weight excluding hydrogens is 576 g/mol. The molecule has 1 atom stereocenters. The summed E-state index contributed by atoms with van der Waals surface area (Å²) in [6, 6.07) is 15.6. The summed E-state index contributed by atoms with van der Waals surface area (Å²) in [5, 5.41) is 3.65. The summed E-state index contributed by atoms with van der Waals surface area (Å²) < 4.78 is 6.94. The first-order chi connectivity index (χ1) is 16.9. The second kappa shape index (κ2) is 8.84. The monoisotopic (exact) mass is 608 g/mol. The number of carbonyl (C=O) groups excluding carboxylic acids is 1. The van der Waals surface area contributed by atoms with E-state index in [2.05, 4.69) is 116 Å². The van der Waals surface area contributed by atoms with Crippen LogP contribution in [-0.2, 0) is 33.0 Å². The van der Waals surface area contributed by atoms with E-state index in [9.17, 15) is 4.79 Å². The van der Waals surface area contributed by atoms with Gasteiger partial charge in [0, 0.05) is 39.3 Å². The summed E-state index contributed by atoms with van der Waals surface area (Å²) in [6.45, 7) is 13.4. The second-order valence-corrected chi connectivity index (χ2v) is 13.4. The first kappa shape index (κ1) is 25.7. The Hall–Kier alpha value is -1.91. The van der Waals surface area contributed by atoms with E-state index >= 15 is 0 Å². The van der Waals surface area contributed by atoms with E-state index in [4.69, 9.17) is 4.74 Å². The van der Waals surface area contributed by atoms with Crippen LogP contribution in [0.5, 0.6) is 5.75 Å². The van der Waals surface area contributed by atoms with Gasteiger partial charge in [-0.05, 0) is 56.9 Å². The van der Waals surface area contributed by atoms with Crippen molar-refractivity contribution in [2.45, 2.75) is 76.1 Å². The Labute approximate surface area is 231 Å². The van der Waals surface area contributed by atoms with Gasteiger partial charge < -0.3 is 4.74 Å². The van der Waals surface area contributed by atoms with Crippen molar-refractivity contribution in [1.29, 1.82) is 0 Å². The molecule has 0 aromatic heterocycles. The first-order valence-electron chi connectivity index (χ1n) is 12.7. The molecule has 3 aromatic carbocycles. The third kappa shape index (κ3) is 4.09. The van der Waals surface area contributed by atoms with Crippen LogP contribution < -0.4 is 4.74 Å². The van der Waals surface area contributed by atoms with Crippen molar-refractivity contribution >= 4 is 54.5 Å². The molecule has 0 amide bonds. The van der Waals surface area contributed by atoms with E-state index in [1.807, 2.05) is 6.08 Å². The van der Waals surface area contributed by atoms with E-state index in [0.717, 1.165) is 34.4 Å². The van der Waals surface area contributed by atoms with E-state index in [1.54, 1.807) is 0 Å². The molecule has 1 aliphatic carbocycles. The Morgan fingerprint density at radius 2 is 1.56 bits per heavy atom. The van der Waals surface area contributed by atoms with Gasteiger partial charge in [0.15, 0.2) is 5.60 Å². The minimum absolute atomic E-state index is 0.0278. The smallest absolute Gasteiger partial charge is 0.207 e. The number of aryl methyl sites for hydroxylation is 1. The molecule has 1 unspecified atom stereocenters. The molecule has 2 nitrogen and oxygen atoms in total. The minimum atomic E-state index is -0.994. The van der Waals surface area contributed by atoms with Crippen LogP contribution in [-0.4, -0.2) is 11.1 Å². The highest BCUT2D eigenvalue weighted by molar-refractivity contribution is 9.09. The minimum Gasteiger partial charge on any atom is -0.474 e. The number of fused-ring (bicyclic) bond motifs is 5. The molecule has 4 heteroatoms. The Bertz CT molecular complexity index is 1420. The van der Waals surface area contributed by atoms with Gasteiger partial charge in [0.1, 0.15) is 5.75 Å². The quantitative estimate of drug-likeness (QED) is 0.271.